The van der Waals surface area contributed by atoms with E-state index in [0.29, 0.717) is 6.42 Å². The molecule has 96 valence electrons. The van der Waals surface area contributed by atoms with Gasteiger partial charge in [-0.15, -0.1) is 0 Å². The van der Waals surface area contributed by atoms with Crippen LogP contribution in [0.1, 0.15) is 29.2 Å². The van der Waals surface area contributed by atoms with Crippen molar-refractivity contribution in [2.24, 2.45) is 0 Å². The van der Waals surface area contributed by atoms with E-state index in [-0.39, 0.29) is 6.04 Å². The lowest BCUT2D eigenvalue weighted by molar-refractivity contribution is 0.174. The van der Waals surface area contributed by atoms with Crippen LogP contribution in [-0.4, -0.2) is 31.1 Å². The first-order valence-electron chi connectivity index (χ1n) is 6.62. The first-order chi connectivity index (χ1) is 8.74. The van der Waals surface area contributed by atoms with Crippen LogP contribution < -0.4 is 5.32 Å². The molecule has 1 fully saturated rings. The molecule has 1 heterocycles. The van der Waals surface area contributed by atoms with Gasteiger partial charge in [0, 0.05) is 32.2 Å². The normalized spacial score (nSPS) is 18.3. The van der Waals surface area contributed by atoms with Crippen LogP contribution in [0.3, 0.4) is 0 Å². The number of hydrogen-bond donors (Lipinski definition) is 1. The van der Waals surface area contributed by atoms with E-state index in [1.165, 1.54) is 16.7 Å². The molecule has 0 radical (unpaired) electrons. The Morgan fingerprint density at radius 1 is 1.28 bits per heavy atom. The summed E-state index contributed by atoms with van der Waals surface area (Å²) in [7, 11) is 0. The molecular formula is C15H21N3. The zero-order valence-corrected chi connectivity index (χ0v) is 11.2. The van der Waals surface area contributed by atoms with E-state index in [1.54, 1.807) is 0 Å². The summed E-state index contributed by atoms with van der Waals surface area (Å²) < 4.78 is 0. The number of benzene rings is 1. The largest absolute Gasteiger partial charge is 0.314 e. The van der Waals surface area contributed by atoms with Crippen LogP contribution in [0.2, 0.25) is 0 Å². The average Bonchev–Trinajstić information content (AvgIpc) is 2.38. The van der Waals surface area contributed by atoms with Crippen LogP contribution >= 0.6 is 0 Å². The monoisotopic (exact) mass is 243 g/mol. The Labute approximate surface area is 109 Å². The van der Waals surface area contributed by atoms with E-state index in [0.717, 1.165) is 26.2 Å². The highest BCUT2D eigenvalue weighted by molar-refractivity contribution is 5.36. The highest BCUT2D eigenvalue weighted by Crippen LogP contribution is 2.29. The number of rotatable bonds is 3. The second-order valence-electron chi connectivity index (χ2n) is 4.97. The van der Waals surface area contributed by atoms with Gasteiger partial charge in [0.25, 0.3) is 0 Å². The van der Waals surface area contributed by atoms with Crippen molar-refractivity contribution in [1.82, 2.24) is 10.2 Å². The third-order valence-electron chi connectivity index (χ3n) is 3.75. The van der Waals surface area contributed by atoms with Gasteiger partial charge in [-0.1, -0.05) is 18.2 Å². The fourth-order valence-corrected chi connectivity index (χ4v) is 2.85. The molecule has 1 N–H and O–H groups in total. The second kappa shape index (κ2) is 5.99. The van der Waals surface area contributed by atoms with Crippen molar-refractivity contribution in [3.8, 4) is 6.07 Å². The van der Waals surface area contributed by atoms with Crippen molar-refractivity contribution < 1.29 is 0 Å². The molecule has 3 nitrogen and oxygen atoms in total. The minimum absolute atomic E-state index is 0.248. The number of nitriles is 1. The van der Waals surface area contributed by atoms with Gasteiger partial charge in [-0.3, -0.25) is 4.90 Å². The van der Waals surface area contributed by atoms with Gasteiger partial charge in [-0.2, -0.15) is 5.26 Å². The summed E-state index contributed by atoms with van der Waals surface area (Å²) in [6.07, 6.45) is 0.575. The number of aryl methyl sites for hydroxylation is 2. The third-order valence-corrected chi connectivity index (χ3v) is 3.75. The third kappa shape index (κ3) is 2.72. The highest BCUT2D eigenvalue weighted by Gasteiger charge is 2.24. The number of hydrogen-bond acceptors (Lipinski definition) is 3. The zero-order chi connectivity index (χ0) is 13.0. The molecule has 1 aliphatic rings. The Bertz CT molecular complexity index is 421. The van der Waals surface area contributed by atoms with Gasteiger partial charge in [-0.25, -0.2) is 0 Å². The van der Waals surface area contributed by atoms with Crippen LogP contribution in [0.4, 0.5) is 0 Å². The predicted octanol–water partition coefficient (Wildman–Crippen LogP) is 2.16. The Morgan fingerprint density at radius 2 is 1.89 bits per heavy atom. The molecule has 1 saturated heterocycles. The topological polar surface area (TPSA) is 39.1 Å². The first-order valence-corrected chi connectivity index (χ1v) is 6.62. The van der Waals surface area contributed by atoms with Gasteiger partial charge >= 0.3 is 0 Å². The van der Waals surface area contributed by atoms with E-state index in [9.17, 15) is 0 Å². The summed E-state index contributed by atoms with van der Waals surface area (Å²) in [5.74, 6) is 0. The molecule has 1 aliphatic heterocycles. The molecule has 0 aromatic heterocycles. The lowest BCUT2D eigenvalue weighted by atomic mass is 9.93. The van der Waals surface area contributed by atoms with Crippen molar-refractivity contribution in [3.63, 3.8) is 0 Å². The minimum Gasteiger partial charge on any atom is -0.314 e. The van der Waals surface area contributed by atoms with Crippen LogP contribution in [-0.2, 0) is 0 Å². The Kier molecular flexibility index (Phi) is 4.35. The Morgan fingerprint density at radius 3 is 2.44 bits per heavy atom. The maximum atomic E-state index is 9.12. The van der Waals surface area contributed by atoms with Gasteiger partial charge in [0.2, 0.25) is 0 Å². The van der Waals surface area contributed by atoms with Crippen molar-refractivity contribution in [2.75, 3.05) is 26.2 Å². The van der Waals surface area contributed by atoms with Crippen LogP contribution in [0, 0.1) is 25.2 Å². The fourth-order valence-electron chi connectivity index (χ4n) is 2.85. The standard InChI is InChI=1S/C15H21N3/c1-12-4-3-5-13(2)15(12)14(6-7-16)18-10-8-17-9-11-18/h3-5,14,17H,6,8-11H2,1-2H3/t14-/m1/s1. The fraction of sp³-hybridized carbons (Fsp3) is 0.533. The van der Waals surface area contributed by atoms with Gasteiger partial charge in [0.1, 0.15) is 0 Å². The smallest absolute Gasteiger partial charge is 0.0641 e. The summed E-state index contributed by atoms with van der Waals surface area (Å²) in [5, 5.41) is 12.5. The predicted molar refractivity (Wildman–Crippen MR) is 73.3 cm³/mol. The number of nitrogens with one attached hydrogen (secondary N) is 1. The lowest BCUT2D eigenvalue weighted by Crippen LogP contribution is -2.45. The summed E-state index contributed by atoms with van der Waals surface area (Å²) in [5.41, 5.74) is 3.95. The summed E-state index contributed by atoms with van der Waals surface area (Å²) in [6.45, 7) is 8.39. The van der Waals surface area contributed by atoms with Crippen molar-refractivity contribution in [1.29, 1.82) is 5.26 Å². The van der Waals surface area contributed by atoms with E-state index in [1.807, 2.05) is 0 Å². The molecule has 3 heteroatoms. The molecule has 1 aromatic carbocycles. The molecule has 0 bridgehead atoms. The van der Waals surface area contributed by atoms with Crippen LogP contribution in [0.25, 0.3) is 0 Å². The lowest BCUT2D eigenvalue weighted by Gasteiger charge is -2.35. The van der Waals surface area contributed by atoms with Crippen LogP contribution in [0.15, 0.2) is 18.2 Å². The van der Waals surface area contributed by atoms with Crippen molar-refractivity contribution >= 4 is 0 Å². The molecule has 0 spiro atoms. The molecule has 1 atom stereocenters. The minimum atomic E-state index is 0.248. The molecule has 0 amide bonds. The zero-order valence-electron chi connectivity index (χ0n) is 11.2. The molecule has 1 aromatic rings. The summed E-state index contributed by atoms with van der Waals surface area (Å²) in [6, 6.07) is 8.99. The SMILES string of the molecule is Cc1cccc(C)c1[C@@H](CC#N)N1CCNCC1. The molecule has 18 heavy (non-hydrogen) atoms. The first kappa shape index (κ1) is 13.1. The van der Waals surface area contributed by atoms with E-state index in [4.69, 9.17) is 5.26 Å². The summed E-state index contributed by atoms with van der Waals surface area (Å²) >= 11 is 0. The van der Waals surface area contributed by atoms with Gasteiger partial charge < -0.3 is 5.32 Å². The van der Waals surface area contributed by atoms with Gasteiger partial charge in [0.15, 0.2) is 0 Å². The van der Waals surface area contributed by atoms with Gasteiger partial charge in [-0.05, 0) is 30.5 Å². The molecule has 0 aliphatic carbocycles. The maximum absolute atomic E-state index is 9.12. The number of piperazine rings is 1. The van der Waals surface area contributed by atoms with E-state index < -0.39 is 0 Å². The quantitative estimate of drug-likeness (QED) is 0.884. The second-order valence-corrected chi connectivity index (χ2v) is 4.97. The van der Waals surface area contributed by atoms with E-state index in [2.05, 4.69) is 48.3 Å². The Hall–Kier alpha value is -1.37. The maximum Gasteiger partial charge on any atom is 0.0641 e. The van der Waals surface area contributed by atoms with E-state index >= 15 is 0 Å². The van der Waals surface area contributed by atoms with Gasteiger partial charge in [0.05, 0.1) is 12.5 Å². The molecular weight excluding hydrogens is 222 g/mol. The molecule has 0 saturated carbocycles. The Balaban J connectivity index is 2.31. The molecule has 2 rings (SSSR count). The average molecular weight is 243 g/mol. The molecule has 0 unspecified atom stereocenters. The van der Waals surface area contributed by atoms with Crippen molar-refractivity contribution in [2.45, 2.75) is 26.3 Å². The van der Waals surface area contributed by atoms with Crippen LogP contribution in [0.5, 0.6) is 0 Å². The number of nitrogens with zero attached hydrogens (tertiary/aromatic N) is 2. The van der Waals surface area contributed by atoms with Crippen molar-refractivity contribution in [3.05, 3.63) is 34.9 Å². The highest BCUT2D eigenvalue weighted by atomic mass is 15.2. The summed E-state index contributed by atoms with van der Waals surface area (Å²) in [4.78, 5) is 2.44.